The maximum Gasteiger partial charge on any atom is 0.414 e. The first-order valence-electron chi connectivity index (χ1n) is 14.1. The number of alkyl carbamates (subject to hydrolysis) is 1. The Kier molecular flexibility index (Phi) is 7.63. The van der Waals surface area contributed by atoms with E-state index in [0.717, 1.165) is 53.0 Å². The lowest BCUT2D eigenvalue weighted by atomic mass is 9.71. The molecule has 0 spiro atoms. The number of ether oxygens (including phenoxy) is 1. The highest BCUT2D eigenvalue weighted by molar-refractivity contribution is 5.95. The van der Waals surface area contributed by atoms with Crippen molar-refractivity contribution >= 4 is 17.6 Å². The van der Waals surface area contributed by atoms with Crippen molar-refractivity contribution in [1.29, 1.82) is 0 Å². The number of carbonyl (C=O) groups excluding carboxylic acids is 2. The number of hydrogen-bond donors (Lipinski definition) is 2. The highest BCUT2D eigenvalue weighted by atomic mass is 16.6. The van der Waals surface area contributed by atoms with E-state index in [-0.39, 0.29) is 11.9 Å². The van der Waals surface area contributed by atoms with Crippen molar-refractivity contribution in [1.82, 2.24) is 20.0 Å². The molecule has 4 aromatic rings. The Morgan fingerprint density at radius 3 is 2.29 bits per heavy atom. The molecule has 41 heavy (non-hydrogen) atoms. The van der Waals surface area contributed by atoms with Gasteiger partial charge in [0, 0.05) is 17.3 Å². The quantitative estimate of drug-likeness (QED) is 0.222. The Labute approximate surface area is 242 Å². The molecule has 1 unspecified atom stereocenters. The third-order valence-corrected chi connectivity index (χ3v) is 8.02. The van der Waals surface area contributed by atoms with Crippen molar-refractivity contribution in [3.63, 3.8) is 0 Å². The van der Waals surface area contributed by atoms with Crippen molar-refractivity contribution < 1.29 is 14.3 Å². The van der Waals surface area contributed by atoms with Gasteiger partial charge >= 0.3 is 11.7 Å². The zero-order chi connectivity index (χ0) is 29.2. The second-order valence-electron chi connectivity index (χ2n) is 11.0. The van der Waals surface area contributed by atoms with Gasteiger partial charge in [0.2, 0.25) is 0 Å². The lowest BCUT2D eigenvalue weighted by Gasteiger charge is -2.42. The van der Waals surface area contributed by atoms with Crippen molar-refractivity contribution in [2.24, 2.45) is 0 Å². The zero-order valence-electron chi connectivity index (χ0n) is 24.1. The van der Waals surface area contributed by atoms with Crippen molar-refractivity contribution in [3.05, 3.63) is 104 Å². The van der Waals surface area contributed by atoms with Crippen LogP contribution < -0.4 is 10.6 Å². The summed E-state index contributed by atoms with van der Waals surface area (Å²) in [6, 6.07) is 21.7. The van der Waals surface area contributed by atoms with E-state index in [1.807, 2.05) is 87.5 Å². The van der Waals surface area contributed by atoms with E-state index in [0.29, 0.717) is 5.56 Å². The van der Waals surface area contributed by atoms with Crippen LogP contribution in [0.15, 0.2) is 72.9 Å². The summed E-state index contributed by atoms with van der Waals surface area (Å²) in [7, 11) is 0. The molecule has 208 valence electrons. The van der Waals surface area contributed by atoms with Crippen LogP contribution in [0.3, 0.4) is 0 Å². The fourth-order valence-electron chi connectivity index (χ4n) is 5.23. The van der Waals surface area contributed by atoms with Gasteiger partial charge in [-0.2, -0.15) is 0 Å². The van der Waals surface area contributed by atoms with Crippen LogP contribution in [0.25, 0.3) is 28.2 Å². The van der Waals surface area contributed by atoms with Crippen LogP contribution in [0.5, 0.6) is 0 Å². The van der Waals surface area contributed by atoms with Gasteiger partial charge in [-0.05, 0) is 43.9 Å². The smallest absolute Gasteiger partial charge is 0.364 e. The standard InChI is InChI=1S/C34H35N4O3/c1-6-33(5,7-2)41-32(40)37-34(20-11-21-34)27-17-14-24(15-18-27)29-30(25-12-9-8-10-13-25)38-22-26(16-19-28(38)36-29)31(39)35-23(3)4/h6-10,12-19,22-23H,3,11,20-21H2,1-2,4-5H3/q+1/p+2. The molecule has 0 saturated heterocycles. The summed E-state index contributed by atoms with van der Waals surface area (Å²) in [6.07, 6.45) is 7.87. The second kappa shape index (κ2) is 11.2. The summed E-state index contributed by atoms with van der Waals surface area (Å²) < 4.78 is 7.69. The first-order chi connectivity index (χ1) is 19.7. The van der Waals surface area contributed by atoms with Crippen LogP contribution in [0.2, 0.25) is 0 Å². The Bertz CT molecular complexity index is 1530. The van der Waals surface area contributed by atoms with Crippen LogP contribution in [-0.4, -0.2) is 33.0 Å². The fraction of sp³-hybridized carbons (Fsp3) is 0.294. The lowest BCUT2D eigenvalue weighted by Crippen LogP contribution is -2.52. The van der Waals surface area contributed by atoms with Gasteiger partial charge in [-0.3, -0.25) is 9.20 Å². The number of pyridine rings is 1. The predicted octanol–water partition coefficient (Wildman–Crippen LogP) is 6.93. The molecule has 1 atom stereocenters. The summed E-state index contributed by atoms with van der Waals surface area (Å²) in [5, 5.41) is 6.01. The van der Waals surface area contributed by atoms with Crippen molar-refractivity contribution in [2.75, 3.05) is 0 Å². The Morgan fingerprint density at radius 1 is 1.02 bits per heavy atom. The molecule has 2 N–H and O–H groups in total. The third kappa shape index (κ3) is 5.57. The normalized spacial score (nSPS) is 14.9. The predicted molar refractivity (Wildman–Crippen MR) is 162 cm³/mol. The molecule has 1 fully saturated rings. The second-order valence-corrected chi connectivity index (χ2v) is 11.0. The first kappa shape index (κ1) is 28.0. The van der Waals surface area contributed by atoms with Gasteiger partial charge in [0.1, 0.15) is 5.65 Å². The van der Waals surface area contributed by atoms with E-state index in [1.165, 1.54) is 0 Å². The Balaban J connectivity index is 1.50. The number of nitrogens with zero attached hydrogens (tertiary/aromatic N) is 2. The highest BCUT2D eigenvalue weighted by Gasteiger charge is 2.45. The minimum Gasteiger partial charge on any atom is -0.364 e. The average molecular weight is 550 g/mol. The summed E-state index contributed by atoms with van der Waals surface area (Å²) in [6.45, 7) is 11.3. The van der Waals surface area contributed by atoms with Crippen LogP contribution in [0, 0.1) is 19.8 Å². The molecule has 2 aromatic heterocycles. The summed E-state index contributed by atoms with van der Waals surface area (Å²) in [5.41, 5.74) is 4.79. The number of fused-ring (bicyclic) bond motifs is 1. The molecular formula is C34H37N4O3+3. The van der Waals surface area contributed by atoms with Gasteiger partial charge in [0.15, 0.2) is 18.9 Å². The number of hydrogen-bond acceptors (Lipinski definition) is 4. The van der Waals surface area contributed by atoms with E-state index in [4.69, 9.17) is 9.72 Å². The van der Waals surface area contributed by atoms with E-state index in [9.17, 15) is 9.59 Å². The minimum atomic E-state index is -0.720. The molecule has 5 rings (SSSR count). The van der Waals surface area contributed by atoms with Crippen LogP contribution in [-0.2, 0) is 10.3 Å². The van der Waals surface area contributed by atoms with Crippen LogP contribution in [0.1, 0.15) is 62.9 Å². The van der Waals surface area contributed by atoms with Crippen molar-refractivity contribution in [3.8, 4) is 22.5 Å². The van der Waals surface area contributed by atoms with Gasteiger partial charge < -0.3 is 15.4 Å². The molecular weight excluding hydrogens is 512 g/mol. The lowest BCUT2D eigenvalue weighted by molar-refractivity contribution is 0.0527. The number of imidazole rings is 1. The fourth-order valence-corrected chi connectivity index (χ4v) is 5.23. The van der Waals surface area contributed by atoms with Crippen LogP contribution in [0.4, 0.5) is 4.79 Å². The Morgan fingerprint density at radius 2 is 1.71 bits per heavy atom. The molecule has 1 aliphatic rings. The molecule has 0 bridgehead atoms. The van der Waals surface area contributed by atoms with Gasteiger partial charge in [0.25, 0.3) is 5.91 Å². The van der Waals surface area contributed by atoms with Crippen LogP contribution >= 0.6 is 0 Å². The van der Waals surface area contributed by atoms with E-state index in [2.05, 4.69) is 41.8 Å². The average Bonchev–Trinajstić information content (AvgIpc) is 3.34. The maximum absolute atomic E-state index is 12.9. The number of rotatable bonds is 9. The van der Waals surface area contributed by atoms with E-state index < -0.39 is 17.2 Å². The Hall–Kier alpha value is -4.52. The number of aromatic nitrogens is 2. The van der Waals surface area contributed by atoms with Gasteiger partial charge in [-0.25, -0.2) is 9.78 Å². The maximum atomic E-state index is 12.9. The van der Waals surface area contributed by atoms with Gasteiger partial charge in [-0.1, -0.05) is 54.6 Å². The van der Waals surface area contributed by atoms with E-state index in [1.54, 1.807) is 6.07 Å². The molecule has 2 amide bonds. The molecule has 1 saturated carbocycles. The SMILES string of the molecule is [CH2+]C(C)NC(=O)c1ccc2nc(-c3ccc(C4(NC(=O)OC(C)([CH+]C)[CH+]C)CCC4)cc3)c(-c3ccccc3)n2c1. The first-order valence-corrected chi connectivity index (χ1v) is 14.1. The molecule has 2 heterocycles. The molecule has 0 aliphatic heterocycles. The zero-order valence-corrected chi connectivity index (χ0v) is 24.1. The number of carbonyl (C=O) groups is 2. The largest absolute Gasteiger partial charge is 0.414 e. The van der Waals surface area contributed by atoms with E-state index >= 15 is 0 Å². The van der Waals surface area contributed by atoms with Crippen molar-refractivity contribution in [2.45, 2.75) is 64.1 Å². The van der Waals surface area contributed by atoms with Gasteiger partial charge in [0.05, 0.1) is 50.2 Å². The third-order valence-electron chi connectivity index (χ3n) is 8.02. The molecule has 2 aromatic carbocycles. The minimum absolute atomic E-state index is 0.182. The topological polar surface area (TPSA) is 84.7 Å². The highest BCUT2D eigenvalue weighted by Crippen LogP contribution is 2.42. The number of nitrogens with one attached hydrogen (secondary N) is 2. The molecule has 7 nitrogen and oxygen atoms in total. The molecule has 7 heteroatoms. The molecule has 1 aliphatic carbocycles. The molecule has 0 radical (unpaired) electrons. The monoisotopic (exact) mass is 549 g/mol. The summed E-state index contributed by atoms with van der Waals surface area (Å²) >= 11 is 0. The number of amides is 2. The summed E-state index contributed by atoms with van der Waals surface area (Å²) in [4.78, 5) is 30.6. The van der Waals surface area contributed by atoms with Gasteiger partial charge in [-0.15, -0.1) is 0 Å². The number of benzene rings is 2. The summed E-state index contributed by atoms with van der Waals surface area (Å²) in [5.74, 6) is -0.182.